The van der Waals surface area contributed by atoms with Crippen LogP contribution >= 0.6 is 11.8 Å². The average Bonchev–Trinajstić information content (AvgIpc) is 3.04. The highest BCUT2D eigenvalue weighted by atomic mass is 32.2. The van der Waals surface area contributed by atoms with Crippen molar-refractivity contribution in [3.8, 4) is 5.75 Å². The Morgan fingerprint density at radius 3 is 2.70 bits per heavy atom. The van der Waals surface area contributed by atoms with E-state index in [0.29, 0.717) is 25.6 Å². The number of thioether (sulfide) groups is 1. The molecule has 1 N–H and O–H groups in total. The maximum atomic E-state index is 11.8. The number of hydrogen-bond acceptors (Lipinski definition) is 7. The highest BCUT2D eigenvalue weighted by Gasteiger charge is 2.17. The number of carbonyl (C=O) groups excluding carboxylic acids is 2. The molecular formula is C23H37N3O5SSi. The number of benzene rings is 1. The van der Waals surface area contributed by atoms with E-state index in [-0.39, 0.29) is 6.61 Å². The first-order valence-electron chi connectivity index (χ1n) is 11.2. The van der Waals surface area contributed by atoms with E-state index in [1.54, 1.807) is 11.8 Å². The molecule has 0 spiro atoms. The molecule has 0 bridgehead atoms. The summed E-state index contributed by atoms with van der Waals surface area (Å²) in [6.07, 6.45) is 1.10. The zero-order valence-corrected chi connectivity index (χ0v) is 22.4. The van der Waals surface area contributed by atoms with Crippen LogP contribution in [0.25, 0.3) is 11.0 Å². The first kappa shape index (κ1) is 27.2. The number of aromatic nitrogens is 2. The van der Waals surface area contributed by atoms with E-state index in [1.807, 2.05) is 43.5 Å². The molecule has 0 fully saturated rings. The second-order valence-corrected chi connectivity index (χ2v) is 16.6. The van der Waals surface area contributed by atoms with Crippen LogP contribution in [0.3, 0.4) is 0 Å². The van der Waals surface area contributed by atoms with Crippen LogP contribution in [0.15, 0.2) is 23.4 Å². The summed E-state index contributed by atoms with van der Waals surface area (Å²) < 4.78 is 18.8. The fourth-order valence-corrected chi connectivity index (χ4v) is 4.51. The molecule has 0 aliphatic heterocycles. The summed E-state index contributed by atoms with van der Waals surface area (Å²) in [4.78, 5) is 27.2. The fraction of sp³-hybridized carbons (Fsp3) is 0.609. The van der Waals surface area contributed by atoms with Gasteiger partial charge in [-0.25, -0.2) is 9.78 Å². The summed E-state index contributed by atoms with van der Waals surface area (Å²) in [6, 6.07) is 6.69. The lowest BCUT2D eigenvalue weighted by Gasteiger charge is -2.19. The number of nitrogens with zero attached hydrogens (tertiary/aromatic N) is 2. The molecule has 2 rings (SSSR count). The highest BCUT2D eigenvalue weighted by Crippen LogP contribution is 2.28. The molecular weight excluding hydrogens is 458 g/mol. The van der Waals surface area contributed by atoms with Gasteiger partial charge in [-0.2, -0.15) is 0 Å². The Morgan fingerprint density at radius 1 is 1.27 bits per heavy atom. The number of imidazole rings is 1. The van der Waals surface area contributed by atoms with Crippen LogP contribution in [0.1, 0.15) is 27.2 Å². The Bertz CT molecular complexity index is 921. The van der Waals surface area contributed by atoms with Crippen LogP contribution in [0.2, 0.25) is 25.7 Å². The SMILES string of the molecule is CC(C)(C)OC(=O)NCCCSc1nc2ccc(OCC=O)cc2n1COCC[Si](C)(C)C. The Balaban J connectivity index is 2.02. The van der Waals surface area contributed by atoms with E-state index in [2.05, 4.69) is 25.0 Å². The van der Waals surface area contributed by atoms with Crippen LogP contribution in [-0.4, -0.2) is 61.1 Å². The number of rotatable bonds is 13. The van der Waals surface area contributed by atoms with Crippen molar-refractivity contribution in [2.45, 2.75) is 70.4 Å². The number of ether oxygens (including phenoxy) is 3. The molecule has 8 nitrogen and oxygen atoms in total. The third-order valence-corrected chi connectivity index (χ3v) is 7.21. The average molecular weight is 496 g/mol. The molecule has 0 aliphatic carbocycles. The number of fused-ring (bicyclic) bond motifs is 1. The van der Waals surface area contributed by atoms with Gasteiger partial charge in [-0.15, -0.1) is 0 Å². The second kappa shape index (κ2) is 12.4. The lowest BCUT2D eigenvalue weighted by Crippen LogP contribution is -2.33. The third-order valence-electron chi connectivity index (χ3n) is 4.44. The summed E-state index contributed by atoms with van der Waals surface area (Å²) >= 11 is 1.62. The molecule has 0 saturated heterocycles. The first-order valence-corrected chi connectivity index (χ1v) is 15.9. The molecule has 0 unspecified atom stereocenters. The normalized spacial score (nSPS) is 12.1. The van der Waals surface area contributed by atoms with Gasteiger partial charge in [0.2, 0.25) is 0 Å². The van der Waals surface area contributed by atoms with E-state index in [1.165, 1.54) is 0 Å². The van der Waals surface area contributed by atoms with Crippen molar-refractivity contribution in [1.29, 1.82) is 0 Å². The van der Waals surface area contributed by atoms with E-state index < -0.39 is 19.8 Å². The standard InChI is InChI=1S/C23H37N3O5SSi/c1-23(2,3)31-22(28)24-10-7-14-32-21-25-19-9-8-18(30-12-11-27)16-20(19)26(21)17-29-13-15-33(4,5)6/h8-9,11,16H,7,10,12-15,17H2,1-6H3,(H,24,28). The summed E-state index contributed by atoms with van der Waals surface area (Å²) in [6.45, 7) is 14.1. The Kier molecular flexibility index (Phi) is 10.2. The minimum Gasteiger partial charge on any atom is -0.486 e. The molecule has 1 heterocycles. The number of nitrogens with one attached hydrogen (secondary N) is 1. The van der Waals surface area contributed by atoms with Crippen LogP contribution in [-0.2, 0) is 21.0 Å². The fourth-order valence-electron chi connectivity index (χ4n) is 2.81. The van der Waals surface area contributed by atoms with Crippen molar-refractivity contribution in [1.82, 2.24) is 14.9 Å². The van der Waals surface area contributed by atoms with Gasteiger partial charge in [0, 0.05) is 33.0 Å². The second-order valence-electron chi connectivity index (χ2n) is 9.93. The van der Waals surface area contributed by atoms with Gasteiger partial charge in [-0.3, -0.25) is 9.36 Å². The zero-order chi connectivity index (χ0) is 24.5. The molecule has 1 aromatic carbocycles. The summed E-state index contributed by atoms with van der Waals surface area (Å²) in [5.41, 5.74) is 1.24. The van der Waals surface area contributed by atoms with Crippen LogP contribution in [0.5, 0.6) is 5.75 Å². The quantitative estimate of drug-likeness (QED) is 0.182. The molecule has 0 aliphatic rings. The number of carbonyl (C=O) groups is 2. The maximum absolute atomic E-state index is 11.8. The molecule has 1 amide bonds. The van der Waals surface area contributed by atoms with Gasteiger partial charge in [0.1, 0.15) is 24.7 Å². The summed E-state index contributed by atoms with van der Waals surface area (Å²) in [7, 11) is -1.18. The lowest BCUT2D eigenvalue weighted by atomic mass is 10.2. The van der Waals surface area contributed by atoms with Gasteiger partial charge in [0.25, 0.3) is 0 Å². The van der Waals surface area contributed by atoms with Crippen molar-refractivity contribution in [2.24, 2.45) is 0 Å². The summed E-state index contributed by atoms with van der Waals surface area (Å²) in [5, 5.41) is 3.63. The van der Waals surface area contributed by atoms with Gasteiger partial charge in [0.15, 0.2) is 11.4 Å². The number of hydrogen-bond donors (Lipinski definition) is 1. The molecule has 33 heavy (non-hydrogen) atoms. The molecule has 0 radical (unpaired) electrons. The van der Waals surface area contributed by atoms with Crippen LogP contribution < -0.4 is 10.1 Å². The van der Waals surface area contributed by atoms with Crippen molar-refractivity contribution in [3.63, 3.8) is 0 Å². The van der Waals surface area contributed by atoms with Crippen molar-refractivity contribution in [2.75, 3.05) is 25.5 Å². The maximum Gasteiger partial charge on any atom is 0.407 e. The minimum absolute atomic E-state index is 0.0125. The molecule has 1 aromatic heterocycles. The Hall–Kier alpha value is -2.04. The topological polar surface area (TPSA) is 91.7 Å². The Morgan fingerprint density at radius 2 is 2.03 bits per heavy atom. The van der Waals surface area contributed by atoms with E-state index in [4.69, 9.17) is 19.2 Å². The number of aldehydes is 1. The number of alkyl carbamates (subject to hydrolysis) is 1. The number of amides is 1. The zero-order valence-electron chi connectivity index (χ0n) is 20.6. The summed E-state index contributed by atoms with van der Waals surface area (Å²) in [5.74, 6) is 1.40. The highest BCUT2D eigenvalue weighted by molar-refractivity contribution is 7.99. The van der Waals surface area contributed by atoms with Crippen molar-refractivity contribution < 1.29 is 23.8 Å². The Labute approximate surface area is 201 Å². The largest absolute Gasteiger partial charge is 0.486 e. The predicted octanol–water partition coefficient (Wildman–Crippen LogP) is 4.93. The van der Waals surface area contributed by atoms with Gasteiger partial charge in [-0.05, 0) is 45.4 Å². The molecule has 0 atom stereocenters. The third kappa shape index (κ3) is 10.2. The van der Waals surface area contributed by atoms with E-state index >= 15 is 0 Å². The van der Waals surface area contributed by atoms with Crippen molar-refractivity contribution in [3.05, 3.63) is 18.2 Å². The first-order chi connectivity index (χ1) is 15.5. The van der Waals surface area contributed by atoms with Gasteiger partial charge in [-0.1, -0.05) is 31.4 Å². The smallest absolute Gasteiger partial charge is 0.407 e. The van der Waals surface area contributed by atoms with E-state index in [0.717, 1.165) is 40.7 Å². The van der Waals surface area contributed by atoms with E-state index in [9.17, 15) is 9.59 Å². The monoisotopic (exact) mass is 495 g/mol. The molecule has 0 saturated carbocycles. The molecule has 184 valence electrons. The minimum atomic E-state index is -1.18. The lowest BCUT2D eigenvalue weighted by molar-refractivity contribution is -0.109. The predicted molar refractivity (Wildman–Crippen MR) is 135 cm³/mol. The van der Waals surface area contributed by atoms with Gasteiger partial charge < -0.3 is 19.5 Å². The van der Waals surface area contributed by atoms with Gasteiger partial charge >= 0.3 is 6.09 Å². The van der Waals surface area contributed by atoms with Gasteiger partial charge in [0.05, 0.1) is 11.0 Å². The van der Waals surface area contributed by atoms with Crippen molar-refractivity contribution >= 4 is 43.2 Å². The molecule has 2 aromatic rings. The molecule has 10 heteroatoms. The van der Waals surface area contributed by atoms with Crippen LogP contribution in [0, 0.1) is 0 Å². The van der Waals surface area contributed by atoms with Crippen LogP contribution in [0.4, 0.5) is 4.79 Å².